The van der Waals surface area contributed by atoms with E-state index in [2.05, 4.69) is 4.90 Å². The molecule has 0 aliphatic carbocycles. The number of hydrogen-bond acceptors (Lipinski definition) is 8. The van der Waals surface area contributed by atoms with Crippen molar-refractivity contribution >= 4 is 29.5 Å². The normalized spacial score (nSPS) is 16.2. The summed E-state index contributed by atoms with van der Waals surface area (Å²) in [5.41, 5.74) is 1.83. The number of amides is 1. The summed E-state index contributed by atoms with van der Waals surface area (Å²) in [5.74, 6) is -3.27. The molecular formula is C25H36N2O8. The number of carbonyl (C=O) groups is 4. The molecule has 0 aromatic heterocycles. The molecule has 35 heavy (non-hydrogen) atoms. The molecule has 0 spiro atoms. The van der Waals surface area contributed by atoms with Gasteiger partial charge in [0.1, 0.15) is 6.04 Å². The van der Waals surface area contributed by atoms with E-state index in [1.807, 2.05) is 38.1 Å². The summed E-state index contributed by atoms with van der Waals surface area (Å²) < 4.78 is 15.8. The van der Waals surface area contributed by atoms with Gasteiger partial charge in [-0.25, -0.2) is 9.59 Å². The smallest absolute Gasteiger partial charge is 0.344 e. The van der Waals surface area contributed by atoms with Crippen molar-refractivity contribution in [3.05, 3.63) is 29.8 Å². The van der Waals surface area contributed by atoms with Crippen molar-refractivity contribution < 1.29 is 38.5 Å². The molecule has 10 nitrogen and oxygen atoms in total. The number of rotatable bonds is 11. The van der Waals surface area contributed by atoms with Gasteiger partial charge in [0, 0.05) is 39.2 Å². The lowest BCUT2D eigenvalue weighted by molar-refractivity contribution is -0.170. The second-order valence-electron chi connectivity index (χ2n) is 9.08. The van der Waals surface area contributed by atoms with Gasteiger partial charge in [-0.15, -0.1) is 0 Å². The van der Waals surface area contributed by atoms with E-state index in [0.29, 0.717) is 13.2 Å². The summed E-state index contributed by atoms with van der Waals surface area (Å²) in [6, 6.07) is 6.63. The number of likely N-dealkylation sites (N-methyl/N-ethyl adjacent to an activating group) is 1. The summed E-state index contributed by atoms with van der Waals surface area (Å²) in [5, 5.41) is 9.07. The fourth-order valence-corrected chi connectivity index (χ4v) is 3.80. The minimum absolute atomic E-state index is 0.0165. The summed E-state index contributed by atoms with van der Waals surface area (Å²) in [4.78, 5) is 52.4. The first kappa shape index (κ1) is 28.1. The fourth-order valence-electron chi connectivity index (χ4n) is 3.80. The zero-order chi connectivity index (χ0) is 26.1. The van der Waals surface area contributed by atoms with Crippen molar-refractivity contribution in [3.63, 3.8) is 0 Å². The molecule has 0 unspecified atom stereocenters. The van der Waals surface area contributed by atoms with Crippen molar-refractivity contribution in [2.24, 2.45) is 5.92 Å². The molecular weight excluding hydrogens is 456 g/mol. The van der Waals surface area contributed by atoms with E-state index in [1.165, 1.54) is 25.8 Å². The Bertz CT molecular complexity index is 880. The maximum Gasteiger partial charge on any atom is 0.344 e. The van der Waals surface area contributed by atoms with Gasteiger partial charge in [0.25, 0.3) is 5.91 Å². The number of carboxylic acid groups (broad SMARTS) is 1. The van der Waals surface area contributed by atoms with Gasteiger partial charge in [0.15, 0.2) is 12.2 Å². The highest BCUT2D eigenvalue weighted by Gasteiger charge is 2.35. The SMILES string of the molecule is CC(=O)O[C@H](Cc1ccc(N2CCOCC2)cc1)C(=O)N(C)[C@@H](CC(C)C)C(=O)O[C@H](C)C(=O)O. The Morgan fingerprint density at radius 3 is 2.17 bits per heavy atom. The number of carbonyl (C=O) groups excluding carboxylic acids is 3. The van der Waals surface area contributed by atoms with Gasteiger partial charge in [0.05, 0.1) is 13.2 Å². The topological polar surface area (TPSA) is 123 Å². The minimum Gasteiger partial charge on any atom is -0.479 e. The van der Waals surface area contributed by atoms with Gasteiger partial charge in [-0.1, -0.05) is 26.0 Å². The van der Waals surface area contributed by atoms with Crippen molar-refractivity contribution in [2.45, 2.75) is 58.8 Å². The second kappa shape index (κ2) is 13.1. The van der Waals surface area contributed by atoms with E-state index in [4.69, 9.17) is 19.3 Å². The number of carboxylic acids is 1. The van der Waals surface area contributed by atoms with Crippen LogP contribution in [-0.4, -0.2) is 85.4 Å². The Morgan fingerprint density at radius 2 is 1.66 bits per heavy atom. The van der Waals surface area contributed by atoms with Crippen LogP contribution in [-0.2, 0) is 39.8 Å². The molecule has 1 aromatic rings. The Balaban J connectivity index is 2.18. The van der Waals surface area contributed by atoms with Crippen molar-refractivity contribution in [2.75, 3.05) is 38.3 Å². The second-order valence-corrected chi connectivity index (χ2v) is 9.08. The quantitative estimate of drug-likeness (QED) is 0.461. The Morgan fingerprint density at radius 1 is 1.06 bits per heavy atom. The van der Waals surface area contributed by atoms with E-state index in [9.17, 15) is 19.2 Å². The summed E-state index contributed by atoms with van der Waals surface area (Å²) >= 11 is 0. The zero-order valence-electron chi connectivity index (χ0n) is 21.1. The summed E-state index contributed by atoms with van der Waals surface area (Å²) in [6.07, 6.45) is -2.11. The third-order valence-corrected chi connectivity index (χ3v) is 5.74. The number of morpholine rings is 1. The molecule has 1 amide bonds. The molecule has 0 bridgehead atoms. The van der Waals surface area contributed by atoms with Crippen LogP contribution in [0.4, 0.5) is 5.69 Å². The molecule has 1 aromatic carbocycles. The Hall–Kier alpha value is -3.14. The van der Waals surface area contributed by atoms with Gasteiger partial charge < -0.3 is 29.1 Å². The lowest BCUT2D eigenvalue weighted by Gasteiger charge is -2.31. The maximum absolute atomic E-state index is 13.3. The average molecular weight is 493 g/mol. The maximum atomic E-state index is 13.3. The highest BCUT2D eigenvalue weighted by atomic mass is 16.6. The lowest BCUT2D eigenvalue weighted by Crippen LogP contribution is -2.50. The molecule has 0 radical (unpaired) electrons. The van der Waals surface area contributed by atoms with E-state index in [1.54, 1.807) is 0 Å². The molecule has 1 aliphatic rings. The standard InChI is InChI=1S/C25H36N2O8/c1-16(2)14-21(25(32)34-17(3)24(30)31)26(5)23(29)22(35-18(4)28)15-19-6-8-20(9-7-19)27-10-12-33-13-11-27/h6-9,16-17,21-22H,10-15H2,1-5H3,(H,30,31)/t17-,21+,22-/m1/s1. The lowest BCUT2D eigenvalue weighted by atomic mass is 10.0. The number of esters is 2. The van der Waals surface area contributed by atoms with Crippen LogP contribution >= 0.6 is 0 Å². The van der Waals surface area contributed by atoms with Crippen LogP contribution in [0.3, 0.4) is 0 Å². The van der Waals surface area contributed by atoms with E-state index >= 15 is 0 Å². The van der Waals surface area contributed by atoms with Crippen molar-refractivity contribution in [1.29, 1.82) is 0 Å². The van der Waals surface area contributed by atoms with Crippen LogP contribution in [0, 0.1) is 5.92 Å². The van der Waals surface area contributed by atoms with E-state index in [0.717, 1.165) is 24.3 Å². The molecule has 194 valence electrons. The van der Waals surface area contributed by atoms with E-state index in [-0.39, 0.29) is 18.8 Å². The third kappa shape index (κ3) is 8.54. The highest BCUT2D eigenvalue weighted by Crippen LogP contribution is 2.20. The molecule has 2 rings (SSSR count). The molecule has 1 N–H and O–H groups in total. The zero-order valence-corrected chi connectivity index (χ0v) is 21.1. The van der Waals surface area contributed by atoms with Gasteiger partial charge in [-0.05, 0) is 37.0 Å². The predicted octanol–water partition coefficient (Wildman–Crippen LogP) is 1.89. The van der Waals surface area contributed by atoms with Gasteiger partial charge in [0.2, 0.25) is 0 Å². The number of nitrogens with zero attached hydrogens (tertiary/aromatic N) is 2. The highest BCUT2D eigenvalue weighted by molar-refractivity contribution is 5.89. The molecule has 1 saturated heterocycles. The van der Waals surface area contributed by atoms with E-state index < -0.39 is 42.1 Å². The molecule has 1 heterocycles. The van der Waals surface area contributed by atoms with Crippen LogP contribution in [0.15, 0.2) is 24.3 Å². The van der Waals surface area contributed by atoms with Crippen molar-refractivity contribution in [3.8, 4) is 0 Å². The summed E-state index contributed by atoms with van der Waals surface area (Å²) in [7, 11) is 1.43. The van der Waals surface area contributed by atoms with Crippen LogP contribution < -0.4 is 4.90 Å². The summed E-state index contributed by atoms with van der Waals surface area (Å²) in [6.45, 7) is 9.15. The van der Waals surface area contributed by atoms with Crippen LogP contribution in [0.2, 0.25) is 0 Å². The van der Waals surface area contributed by atoms with Gasteiger partial charge in [-0.3, -0.25) is 9.59 Å². The first-order chi connectivity index (χ1) is 16.5. The predicted molar refractivity (Wildman–Crippen MR) is 128 cm³/mol. The number of anilines is 1. The molecule has 3 atom stereocenters. The number of benzene rings is 1. The Kier molecular flexibility index (Phi) is 10.5. The van der Waals surface area contributed by atoms with Crippen LogP contribution in [0.5, 0.6) is 0 Å². The number of hydrogen-bond donors (Lipinski definition) is 1. The molecule has 1 fully saturated rings. The van der Waals surface area contributed by atoms with Crippen LogP contribution in [0.1, 0.15) is 39.7 Å². The fraction of sp³-hybridized carbons (Fsp3) is 0.600. The third-order valence-electron chi connectivity index (χ3n) is 5.74. The van der Waals surface area contributed by atoms with Crippen molar-refractivity contribution in [1.82, 2.24) is 4.90 Å². The first-order valence-electron chi connectivity index (χ1n) is 11.8. The van der Waals surface area contributed by atoms with Gasteiger partial charge >= 0.3 is 17.9 Å². The monoisotopic (exact) mass is 492 g/mol. The largest absolute Gasteiger partial charge is 0.479 e. The molecule has 10 heteroatoms. The number of ether oxygens (including phenoxy) is 3. The molecule has 1 aliphatic heterocycles. The average Bonchev–Trinajstić information content (AvgIpc) is 2.81. The Labute approximate surface area is 206 Å². The number of aliphatic carboxylic acids is 1. The molecule has 0 saturated carbocycles. The minimum atomic E-state index is -1.35. The van der Waals surface area contributed by atoms with Gasteiger partial charge in [-0.2, -0.15) is 0 Å². The first-order valence-corrected chi connectivity index (χ1v) is 11.8. The van der Waals surface area contributed by atoms with Crippen LogP contribution in [0.25, 0.3) is 0 Å².